The van der Waals surface area contributed by atoms with Gasteiger partial charge in [0.1, 0.15) is 0 Å². The van der Waals surface area contributed by atoms with Gasteiger partial charge in [-0.05, 0) is 139 Å². The first-order valence-corrected chi connectivity index (χ1v) is 24.9. The van der Waals surface area contributed by atoms with Gasteiger partial charge < -0.3 is 9.80 Å². The van der Waals surface area contributed by atoms with E-state index in [4.69, 9.17) is 0 Å². The molecule has 7 aromatic rings. The van der Waals surface area contributed by atoms with Gasteiger partial charge in [-0.3, -0.25) is 0 Å². The number of hydrogen-bond acceptors (Lipinski definition) is 2. The molecule has 0 spiro atoms. The van der Waals surface area contributed by atoms with E-state index in [1.165, 1.54) is 78.4 Å². The van der Waals surface area contributed by atoms with Crippen LogP contribution in [0.4, 0.5) is 22.7 Å². The fraction of sp³-hybridized carbons (Fsp3) is 0.303. The Balaban J connectivity index is 1.14. The maximum absolute atomic E-state index is 2.60. The van der Waals surface area contributed by atoms with Crippen LogP contribution in [0, 0.1) is 0 Å². The maximum atomic E-state index is 2.60. The number of hydrogen-bond donors (Lipinski definition) is 0. The summed E-state index contributed by atoms with van der Waals surface area (Å²) >= 11 is 0. The molecule has 68 heavy (non-hydrogen) atoms. The number of rotatable bonds is 10. The summed E-state index contributed by atoms with van der Waals surface area (Å²) in [6, 6.07) is 64.4. The van der Waals surface area contributed by atoms with Crippen LogP contribution in [0.1, 0.15) is 164 Å². The Morgan fingerprint density at radius 1 is 0.294 bits per heavy atom. The molecule has 2 nitrogen and oxygen atoms in total. The lowest BCUT2D eigenvalue weighted by Crippen LogP contribution is -2.34. The van der Waals surface area contributed by atoms with E-state index in [-0.39, 0.29) is 33.7 Å². The largest absolute Gasteiger partial charge is 0.334 e. The zero-order chi connectivity index (χ0) is 48.4. The standard InChI is InChI=1S/C66H74N2/c1-63(2,3)51-29-21-47(22-30-51)17-19-49-25-37-55(38-26-49)67(57-41-33-53(34-42-57)65(7,8)9)61-45-46-62(60-16-14-13-15-59(60)61)68(58-43-35-54(36-44-58)66(10,11)12)56-39-27-50(28-40-56)20-18-48-23-31-52(32-24-48)64(4,5)6/h13-44,61-62H,45-46H2,1-12H3/b19-17+,20-18+. The van der Waals surface area contributed by atoms with Gasteiger partial charge in [-0.25, -0.2) is 0 Å². The van der Waals surface area contributed by atoms with Crippen molar-refractivity contribution in [2.24, 2.45) is 0 Å². The number of benzene rings is 7. The first kappa shape index (κ1) is 48.1. The zero-order valence-electron chi connectivity index (χ0n) is 42.9. The minimum absolute atomic E-state index is 0.0659. The Morgan fingerprint density at radius 2 is 0.500 bits per heavy atom. The van der Waals surface area contributed by atoms with Crippen molar-refractivity contribution in [3.8, 4) is 0 Å². The van der Waals surface area contributed by atoms with Crippen LogP contribution in [0.3, 0.4) is 0 Å². The van der Waals surface area contributed by atoms with Crippen molar-refractivity contribution in [2.45, 2.75) is 130 Å². The van der Waals surface area contributed by atoms with Gasteiger partial charge in [-0.2, -0.15) is 0 Å². The molecule has 2 heteroatoms. The average Bonchev–Trinajstić information content (AvgIpc) is 3.31. The van der Waals surface area contributed by atoms with Crippen molar-refractivity contribution in [1.29, 1.82) is 0 Å². The number of anilines is 4. The first-order chi connectivity index (χ1) is 32.2. The molecule has 1 aliphatic rings. The molecule has 1 aliphatic carbocycles. The summed E-state index contributed by atoms with van der Waals surface area (Å²) in [4.78, 5) is 5.20. The molecule has 0 bridgehead atoms. The Hall–Kier alpha value is -6.38. The van der Waals surface area contributed by atoms with Gasteiger partial charge >= 0.3 is 0 Å². The second-order valence-corrected chi connectivity index (χ2v) is 23.2. The fourth-order valence-electron chi connectivity index (χ4n) is 9.61. The fourth-order valence-corrected chi connectivity index (χ4v) is 9.61. The molecule has 2 atom stereocenters. The second-order valence-electron chi connectivity index (χ2n) is 23.2. The minimum Gasteiger partial charge on any atom is -0.334 e. The Bertz CT molecular complexity index is 2610. The van der Waals surface area contributed by atoms with Crippen molar-refractivity contribution in [3.63, 3.8) is 0 Å². The van der Waals surface area contributed by atoms with Gasteiger partial charge in [0.05, 0.1) is 12.1 Å². The highest BCUT2D eigenvalue weighted by atomic mass is 15.2. The highest BCUT2D eigenvalue weighted by Gasteiger charge is 2.36. The number of nitrogens with zero attached hydrogens (tertiary/aromatic N) is 2. The van der Waals surface area contributed by atoms with E-state index in [2.05, 4.69) is 287 Å². The van der Waals surface area contributed by atoms with Crippen LogP contribution in [-0.2, 0) is 21.7 Å². The molecule has 348 valence electrons. The molecule has 0 amide bonds. The molecule has 0 radical (unpaired) electrons. The molecule has 0 saturated heterocycles. The third-order valence-corrected chi connectivity index (χ3v) is 13.9. The van der Waals surface area contributed by atoms with Gasteiger partial charge in [0.15, 0.2) is 0 Å². The lowest BCUT2D eigenvalue weighted by Gasteiger charge is -2.44. The molecule has 0 fully saturated rings. The van der Waals surface area contributed by atoms with Crippen LogP contribution >= 0.6 is 0 Å². The molecule has 0 N–H and O–H groups in total. The Morgan fingerprint density at radius 3 is 0.735 bits per heavy atom. The predicted molar refractivity (Wildman–Crippen MR) is 297 cm³/mol. The molecule has 7 aromatic carbocycles. The monoisotopic (exact) mass is 895 g/mol. The third kappa shape index (κ3) is 11.1. The van der Waals surface area contributed by atoms with Crippen molar-refractivity contribution >= 4 is 47.1 Å². The van der Waals surface area contributed by atoms with Gasteiger partial charge in [0.25, 0.3) is 0 Å². The highest BCUT2D eigenvalue weighted by Crippen LogP contribution is 2.49. The van der Waals surface area contributed by atoms with Crippen molar-refractivity contribution in [2.75, 3.05) is 9.80 Å². The predicted octanol–water partition coefficient (Wildman–Crippen LogP) is 18.8. The van der Waals surface area contributed by atoms with E-state index >= 15 is 0 Å². The van der Waals surface area contributed by atoms with Crippen LogP contribution in [0.25, 0.3) is 24.3 Å². The summed E-state index contributed by atoms with van der Waals surface area (Å²) in [6.07, 6.45) is 10.9. The highest BCUT2D eigenvalue weighted by molar-refractivity contribution is 5.75. The summed E-state index contributed by atoms with van der Waals surface area (Å²) in [7, 11) is 0. The van der Waals surface area contributed by atoms with E-state index in [0.717, 1.165) is 12.8 Å². The molecule has 8 rings (SSSR count). The summed E-state index contributed by atoms with van der Waals surface area (Å²) in [6.45, 7) is 27.3. The zero-order valence-corrected chi connectivity index (χ0v) is 42.9. The van der Waals surface area contributed by atoms with Gasteiger partial charge in [0, 0.05) is 22.7 Å². The smallest absolute Gasteiger partial charge is 0.0595 e. The van der Waals surface area contributed by atoms with E-state index in [1.807, 2.05) is 0 Å². The lowest BCUT2D eigenvalue weighted by molar-refractivity contribution is 0.488. The summed E-state index contributed by atoms with van der Waals surface area (Å²) < 4.78 is 0. The van der Waals surface area contributed by atoms with Crippen LogP contribution < -0.4 is 9.80 Å². The van der Waals surface area contributed by atoms with Crippen LogP contribution in [0.2, 0.25) is 0 Å². The van der Waals surface area contributed by atoms with E-state index < -0.39 is 0 Å². The summed E-state index contributed by atoms with van der Waals surface area (Å²) in [5, 5.41) is 0. The van der Waals surface area contributed by atoms with E-state index in [0.29, 0.717) is 0 Å². The molecular weight excluding hydrogens is 821 g/mol. The molecule has 2 unspecified atom stereocenters. The van der Waals surface area contributed by atoms with Gasteiger partial charge in [-0.1, -0.05) is 229 Å². The average molecular weight is 895 g/mol. The molecular formula is C66H74N2. The summed E-state index contributed by atoms with van der Waals surface area (Å²) in [5.74, 6) is 0. The van der Waals surface area contributed by atoms with Gasteiger partial charge in [-0.15, -0.1) is 0 Å². The van der Waals surface area contributed by atoms with Gasteiger partial charge in [0.2, 0.25) is 0 Å². The Kier molecular flexibility index (Phi) is 13.7. The minimum atomic E-state index is 0.0659. The summed E-state index contributed by atoms with van der Waals surface area (Å²) in [5.41, 5.74) is 18.1. The topological polar surface area (TPSA) is 6.48 Å². The van der Waals surface area contributed by atoms with E-state index in [1.54, 1.807) is 0 Å². The molecule has 0 heterocycles. The third-order valence-electron chi connectivity index (χ3n) is 13.9. The van der Waals surface area contributed by atoms with E-state index in [9.17, 15) is 0 Å². The normalized spacial score (nSPS) is 15.7. The SMILES string of the molecule is CC(C)(C)c1ccc(/C=C/c2ccc(N(c3ccc(C(C)(C)C)cc3)C3CCC(N(c4ccc(/C=C/c5ccc(C(C)(C)C)cc5)cc4)c4ccc(C(C)(C)C)cc4)c4ccccc43)cc2)cc1. The Labute approximate surface area is 410 Å². The molecule has 0 aromatic heterocycles. The quantitative estimate of drug-likeness (QED) is 0.126. The van der Waals surface area contributed by atoms with Crippen molar-refractivity contribution in [1.82, 2.24) is 0 Å². The second kappa shape index (κ2) is 19.3. The number of fused-ring (bicyclic) bond motifs is 1. The first-order valence-electron chi connectivity index (χ1n) is 24.9. The van der Waals surface area contributed by atoms with Crippen molar-refractivity contribution in [3.05, 3.63) is 225 Å². The van der Waals surface area contributed by atoms with Crippen molar-refractivity contribution < 1.29 is 0 Å². The lowest BCUT2D eigenvalue weighted by atomic mass is 9.81. The van der Waals surface area contributed by atoms with Crippen LogP contribution in [0.5, 0.6) is 0 Å². The molecule has 0 aliphatic heterocycles. The molecule has 0 saturated carbocycles. The van der Waals surface area contributed by atoms with Crippen LogP contribution in [0.15, 0.2) is 170 Å². The van der Waals surface area contributed by atoms with Crippen LogP contribution in [-0.4, -0.2) is 0 Å². The maximum Gasteiger partial charge on any atom is 0.0595 e.